The Labute approximate surface area is 627 Å². The molecule has 4 heteroatoms. The van der Waals surface area contributed by atoms with E-state index in [9.17, 15) is 0 Å². The van der Waals surface area contributed by atoms with Crippen molar-refractivity contribution in [3.8, 4) is 157 Å². The number of rotatable bonds is 10. The van der Waals surface area contributed by atoms with Crippen molar-refractivity contribution in [3.63, 3.8) is 0 Å². The van der Waals surface area contributed by atoms with Crippen LogP contribution in [0.1, 0.15) is 44.5 Å². The van der Waals surface area contributed by atoms with Crippen LogP contribution in [0.15, 0.2) is 388 Å². The van der Waals surface area contributed by atoms with Crippen molar-refractivity contribution < 1.29 is 0 Å². The molecule has 22 rings (SSSR count). The zero-order valence-corrected chi connectivity index (χ0v) is 58.7. The summed E-state index contributed by atoms with van der Waals surface area (Å²) in [7, 11) is 0. The zero-order valence-electron chi connectivity index (χ0n) is 58.7. The van der Waals surface area contributed by atoms with Crippen LogP contribution in [0.2, 0.25) is 0 Å². The van der Waals surface area contributed by atoms with E-state index in [1.165, 1.54) is 89.0 Å². The molecular weight excluding hydrogens is 1310 g/mol. The first kappa shape index (κ1) is 61.4. The molecule has 0 atom stereocenters. The largest absolute Gasteiger partial charge is 0.248 e. The minimum Gasteiger partial charge on any atom is -0.248 e. The summed E-state index contributed by atoms with van der Waals surface area (Å²) in [4.78, 5) is 22.5. The molecule has 108 heavy (non-hydrogen) atoms. The summed E-state index contributed by atoms with van der Waals surface area (Å²) in [6.07, 6.45) is 0. The molecule has 0 saturated carbocycles. The van der Waals surface area contributed by atoms with Crippen molar-refractivity contribution in [2.24, 2.45) is 0 Å². The Morgan fingerprint density at radius 2 is 0.444 bits per heavy atom. The molecule has 2 spiro atoms. The first-order valence-corrected chi connectivity index (χ1v) is 37.2. The van der Waals surface area contributed by atoms with E-state index in [4.69, 9.17) is 19.9 Å². The molecule has 18 aromatic rings. The summed E-state index contributed by atoms with van der Waals surface area (Å²) in [5, 5.41) is 0.942. The predicted molar refractivity (Wildman–Crippen MR) is 442 cm³/mol. The quantitative estimate of drug-likeness (QED) is 0.137. The molecule has 0 aliphatic heterocycles. The molecule has 3 aromatic heterocycles. The highest BCUT2D eigenvalue weighted by atomic mass is 14.9. The van der Waals surface area contributed by atoms with Crippen LogP contribution in [-0.2, 0) is 10.8 Å². The molecule has 0 saturated heterocycles. The van der Waals surface area contributed by atoms with E-state index in [0.29, 0.717) is 5.82 Å². The SMILES string of the molecule is c1ccc(-c2cc(-c3ccccc3)nc(-c3ccc(-c4nc(-c5ccc(-c6cc(-c7ccccc7)nc(-c7ccccc7)c6)cc5)c5cc(-c6ccc7c(c6)C6(c8ccccc8-c8ccccc86)c6ccccc6-7)cc(-c6ccc7c(c6)C6(c8ccccc8-c8ccccc86)c6ccccc6-7)c5n4)cc3)c2)cc1. The molecule has 0 amide bonds. The van der Waals surface area contributed by atoms with Gasteiger partial charge >= 0.3 is 0 Å². The minimum atomic E-state index is -0.579. The average Bonchev–Trinajstić information content (AvgIpc) is 1.51. The smallest absolute Gasteiger partial charge is 0.160 e. The first-order valence-electron chi connectivity index (χ1n) is 37.2. The molecule has 500 valence electrons. The van der Waals surface area contributed by atoms with E-state index in [2.05, 4.69) is 388 Å². The summed E-state index contributed by atoms with van der Waals surface area (Å²) < 4.78 is 0. The summed E-state index contributed by atoms with van der Waals surface area (Å²) in [5.74, 6) is 0.617. The fourth-order valence-corrected chi connectivity index (χ4v) is 18.6. The van der Waals surface area contributed by atoms with Gasteiger partial charge in [0.25, 0.3) is 0 Å². The van der Waals surface area contributed by atoms with Gasteiger partial charge in [-0.15, -0.1) is 0 Å². The topological polar surface area (TPSA) is 51.6 Å². The average molecular weight is 1370 g/mol. The second-order valence-corrected chi connectivity index (χ2v) is 29.0. The molecule has 4 aliphatic carbocycles. The fourth-order valence-electron chi connectivity index (χ4n) is 18.6. The van der Waals surface area contributed by atoms with Crippen LogP contribution in [0.3, 0.4) is 0 Å². The molecule has 0 fully saturated rings. The van der Waals surface area contributed by atoms with Crippen molar-refractivity contribution in [1.82, 2.24) is 19.9 Å². The zero-order chi connectivity index (χ0) is 71.0. The highest BCUT2D eigenvalue weighted by Gasteiger charge is 2.53. The number of hydrogen-bond acceptors (Lipinski definition) is 4. The second kappa shape index (κ2) is 24.3. The van der Waals surface area contributed by atoms with Gasteiger partial charge in [0.15, 0.2) is 5.82 Å². The summed E-state index contributed by atoms with van der Waals surface area (Å²) >= 11 is 0. The Bertz CT molecular complexity index is 6460. The van der Waals surface area contributed by atoms with Crippen LogP contribution < -0.4 is 0 Å². The maximum Gasteiger partial charge on any atom is 0.160 e. The third-order valence-electron chi connectivity index (χ3n) is 23.3. The van der Waals surface area contributed by atoms with Gasteiger partial charge in [0.2, 0.25) is 0 Å². The summed E-state index contributed by atoms with van der Waals surface area (Å²) in [6, 6.07) is 143. The van der Waals surface area contributed by atoms with Gasteiger partial charge in [-0.25, -0.2) is 19.9 Å². The Kier molecular flexibility index (Phi) is 13.8. The van der Waals surface area contributed by atoms with Gasteiger partial charge in [-0.05, 0) is 176 Å². The van der Waals surface area contributed by atoms with Gasteiger partial charge in [0.1, 0.15) is 0 Å². The van der Waals surface area contributed by atoms with Crippen LogP contribution in [0, 0.1) is 0 Å². The van der Waals surface area contributed by atoms with Crippen LogP contribution in [0.25, 0.3) is 168 Å². The predicted octanol–water partition coefficient (Wildman–Crippen LogP) is 25.8. The molecule has 15 aromatic carbocycles. The standard InChI is InChI=1S/C104H64N4/c1-5-25-65(26-6-1)76-61-96(67-27-7-2-8-28-67)106-99(62-76)70-47-51-72(52-48-70)102-107-100(71-49-45-66(46-50-71)77-63-97(68-29-9-3-10-30-68)105-98(64-77)69-31-11-4-12-32-69)87-58-75(73-53-55-84-82-37-17-23-43-92(82)103(94(84)59-73)88-39-19-13-33-78(88)79-34-14-20-40-89(79)103)57-86(101(87)108-102)74-54-56-85-83-38-18-24-44-93(83)104(95(85)60-74)90-41-21-15-35-80(90)81-36-16-22-42-91(81)104/h1-64H. The molecule has 4 aliphatic rings. The second-order valence-electron chi connectivity index (χ2n) is 29.0. The normalized spacial score (nSPS) is 13.1. The fraction of sp³-hybridized carbons (Fsp3) is 0.0192. The Balaban J connectivity index is 0.791. The van der Waals surface area contributed by atoms with Crippen molar-refractivity contribution in [2.75, 3.05) is 0 Å². The van der Waals surface area contributed by atoms with Crippen LogP contribution in [0.4, 0.5) is 0 Å². The molecule has 0 unspecified atom stereocenters. The van der Waals surface area contributed by atoms with E-state index in [1.54, 1.807) is 0 Å². The highest BCUT2D eigenvalue weighted by Crippen LogP contribution is 2.65. The third kappa shape index (κ3) is 9.30. The van der Waals surface area contributed by atoms with E-state index in [0.717, 1.165) is 117 Å². The van der Waals surface area contributed by atoms with Crippen LogP contribution >= 0.6 is 0 Å². The van der Waals surface area contributed by atoms with E-state index in [1.807, 2.05) is 0 Å². The van der Waals surface area contributed by atoms with Crippen molar-refractivity contribution in [3.05, 3.63) is 433 Å². The molecule has 0 bridgehead atoms. The van der Waals surface area contributed by atoms with Gasteiger partial charge in [-0.2, -0.15) is 0 Å². The van der Waals surface area contributed by atoms with Crippen molar-refractivity contribution in [1.29, 1.82) is 0 Å². The lowest BCUT2D eigenvalue weighted by atomic mass is 9.70. The number of nitrogens with zero attached hydrogens (tertiary/aromatic N) is 4. The first-order chi connectivity index (χ1) is 53.5. The maximum absolute atomic E-state index is 5.95. The minimum absolute atomic E-state index is 0.546. The molecule has 4 nitrogen and oxygen atoms in total. The number of aromatic nitrogens is 4. The molecular formula is C104H64N4. The van der Waals surface area contributed by atoms with E-state index < -0.39 is 10.8 Å². The third-order valence-corrected chi connectivity index (χ3v) is 23.3. The lowest BCUT2D eigenvalue weighted by Gasteiger charge is -2.31. The summed E-state index contributed by atoms with van der Waals surface area (Å²) in [5.41, 5.74) is 39.3. The lowest BCUT2D eigenvalue weighted by Crippen LogP contribution is -2.25. The lowest BCUT2D eigenvalue weighted by molar-refractivity contribution is 0.794. The van der Waals surface area contributed by atoms with Gasteiger partial charge in [-0.1, -0.05) is 340 Å². The number of pyridine rings is 2. The van der Waals surface area contributed by atoms with Gasteiger partial charge in [0.05, 0.1) is 44.8 Å². The molecule has 0 radical (unpaired) electrons. The van der Waals surface area contributed by atoms with E-state index in [-0.39, 0.29) is 0 Å². The Morgan fingerprint density at radius 3 is 0.852 bits per heavy atom. The number of hydrogen-bond donors (Lipinski definition) is 0. The van der Waals surface area contributed by atoms with E-state index >= 15 is 0 Å². The Hall–Kier alpha value is -14.1. The van der Waals surface area contributed by atoms with Gasteiger partial charge < -0.3 is 0 Å². The van der Waals surface area contributed by atoms with Gasteiger partial charge in [0, 0.05) is 44.3 Å². The monoisotopic (exact) mass is 1370 g/mol. The van der Waals surface area contributed by atoms with Gasteiger partial charge in [-0.3, -0.25) is 0 Å². The van der Waals surface area contributed by atoms with Crippen LogP contribution in [0.5, 0.6) is 0 Å². The van der Waals surface area contributed by atoms with Crippen LogP contribution in [-0.4, -0.2) is 19.9 Å². The van der Waals surface area contributed by atoms with Crippen molar-refractivity contribution >= 4 is 10.9 Å². The summed E-state index contributed by atoms with van der Waals surface area (Å²) in [6.45, 7) is 0. The number of fused-ring (bicyclic) bond motifs is 21. The molecule has 3 heterocycles. The highest BCUT2D eigenvalue weighted by molar-refractivity contribution is 6.07. The Morgan fingerprint density at radius 1 is 0.157 bits per heavy atom. The van der Waals surface area contributed by atoms with Crippen molar-refractivity contribution in [2.45, 2.75) is 10.8 Å². The molecule has 0 N–H and O–H groups in total. The maximum atomic E-state index is 5.95. The number of benzene rings is 15.